The van der Waals surface area contributed by atoms with E-state index in [9.17, 15) is 10.3 Å². The van der Waals surface area contributed by atoms with E-state index in [0.717, 1.165) is 11.1 Å². The van der Waals surface area contributed by atoms with Gasteiger partial charge in [0.05, 0.1) is 6.61 Å². The number of rotatable bonds is 14. The molecule has 0 spiro atoms. The quantitative estimate of drug-likeness (QED) is 0.0489. The standard InChI is InChI=1S/C34H33ClN6O4/c35-28-15-11-24(12-16-28)19-20-37-40-33(43)34(23-27-9-4-5-10-30(27)39-41-36)31(25-7-2-1-3-8-25)45-32(38-34)26-13-17-29(18-14-26)44-22-6-21-42/h1-5,7-18,31,37,42H,6,19-23H2,(H,40,43)/t31-,34-/m0/s1. The zero-order valence-corrected chi connectivity index (χ0v) is 25.2. The van der Waals surface area contributed by atoms with E-state index < -0.39 is 17.6 Å². The number of hydrazine groups is 1. The van der Waals surface area contributed by atoms with Crippen LogP contribution in [0.1, 0.15) is 34.8 Å². The molecular formula is C34H33ClN6O4. The molecule has 0 fully saturated rings. The zero-order chi connectivity index (χ0) is 31.5. The van der Waals surface area contributed by atoms with E-state index in [0.29, 0.717) is 59.5 Å². The van der Waals surface area contributed by atoms with Crippen molar-refractivity contribution in [2.75, 3.05) is 19.8 Å². The Morgan fingerprint density at radius 3 is 2.49 bits per heavy atom. The van der Waals surface area contributed by atoms with Gasteiger partial charge in [0.1, 0.15) is 5.75 Å². The summed E-state index contributed by atoms with van der Waals surface area (Å²) in [4.78, 5) is 22.3. The van der Waals surface area contributed by atoms with Gasteiger partial charge in [0.25, 0.3) is 5.91 Å². The topological polar surface area (TPSA) is 141 Å². The molecule has 5 rings (SSSR count). The lowest BCUT2D eigenvalue weighted by atomic mass is 9.81. The van der Waals surface area contributed by atoms with Gasteiger partial charge in [0, 0.05) is 47.2 Å². The van der Waals surface area contributed by atoms with Crippen LogP contribution in [-0.4, -0.2) is 42.2 Å². The highest BCUT2D eigenvalue weighted by molar-refractivity contribution is 6.30. The molecule has 0 aliphatic carbocycles. The van der Waals surface area contributed by atoms with Crippen molar-refractivity contribution >= 4 is 29.1 Å². The number of ether oxygens (including phenoxy) is 2. The molecule has 0 aromatic heterocycles. The van der Waals surface area contributed by atoms with E-state index in [1.54, 1.807) is 24.3 Å². The van der Waals surface area contributed by atoms with E-state index in [1.165, 1.54) is 0 Å². The third-order valence-electron chi connectivity index (χ3n) is 7.39. The van der Waals surface area contributed by atoms with Crippen molar-refractivity contribution in [1.82, 2.24) is 10.9 Å². The second-order valence-corrected chi connectivity index (χ2v) is 10.9. The molecule has 0 bridgehead atoms. The number of azide groups is 1. The Balaban J connectivity index is 1.49. The number of nitrogens with zero attached hydrogens (tertiary/aromatic N) is 4. The summed E-state index contributed by atoms with van der Waals surface area (Å²) < 4.78 is 12.2. The molecule has 3 N–H and O–H groups in total. The minimum absolute atomic E-state index is 0.0482. The summed E-state index contributed by atoms with van der Waals surface area (Å²) in [6.45, 7) is 0.902. The number of hydrogen-bond donors (Lipinski definition) is 3. The summed E-state index contributed by atoms with van der Waals surface area (Å²) in [5.74, 6) is 0.535. The van der Waals surface area contributed by atoms with Crippen LogP contribution in [0, 0.1) is 0 Å². The number of aliphatic imine (C=N–C) groups is 1. The Morgan fingerprint density at radius 1 is 1.02 bits per heavy atom. The van der Waals surface area contributed by atoms with Crippen LogP contribution in [0.25, 0.3) is 10.4 Å². The van der Waals surface area contributed by atoms with Crippen molar-refractivity contribution in [3.63, 3.8) is 0 Å². The van der Waals surface area contributed by atoms with Gasteiger partial charge in [-0.05, 0) is 65.0 Å². The molecule has 1 aliphatic heterocycles. The first-order chi connectivity index (χ1) is 22.0. The van der Waals surface area contributed by atoms with Gasteiger partial charge in [-0.1, -0.05) is 83.4 Å². The first kappa shape index (κ1) is 31.6. The molecule has 4 aromatic rings. The van der Waals surface area contributed by atoms with Crippen molar-refractivity contribution in [3.8, 4) is 5.75 Å². The fraction of sp³-hybridized carbons (Fsp3) is 0.235. The van der Waals surface area contributed by atoms with Crippen LogP contribution in [0.2, 0.25) is 5.02 Å². The van der Waals surface area contributed by atoms with Crippen molar-refractivity contribution in [2.24, 2.45) is 10.1 Å². The third kappa shape index (κ3) is 7.81. The number of carbonyl (C=O) groups excluding carboxylic acids is 1. The Hall–Kier alpha value is -4.86. The van der Waals surface area contributed by atoms with Gasteiger partial charge in [-0.15, -0.1) is 0 Å². The maximum absolute atomic E-state index is 14.3. The van der Waals surface area contributed by atoms with Gasteiger partial charge < -0.3 is 14.6 Å². The van der Waals surface area contributed by atoms with Crippen LogP contribution in [0.4, 0.5) is 5.69 Å². The van der Waals surface area contributed by atoms with E-state index in [1.807, 2.05) is 78.9 Å². The third-order valence-corrected chi connectivity index (χ3v) is 7.64. The molecule has 10 nitrogen and oxygen atoms in total. The molecule has 0 saturated heterocycles. The highest BCUT2D eigenvalue weighted by Crippen LogP contribution is 2.43. The summed E-state index contributed by atoms with van der Waals surface area (Å²) in [6.07, 6.45) is 0.479. The molecule has 0 saturated carbocycles. The lowest BCUT2D eigenvalue weighted by Gasteiger charge is -2.31. The maximum atomic E-state index is 14.3. The Kier molecular flexibility index (Phi) is 10.7. The first-order valence-electron chi connectivity index (χ1n) is 14.6. The summed E-state index contributed by atoms with van der Waals surface area (Å²) in [6, 6.07) is 31.4. The highest BCUT2D eigenvalue weighted by atomic mass is 35.5. The second-order valence-electron chi connectivity index (χ2n) is 10.5. The van der Waals surface area contributed by atoms with Crippen LogP contribution in [0.3, 0.4) is 0 Å². The number of aliphatic hydroxyl groups excluding tert-OH is 1. The smallest absolute Gasteiger partial charge is 0.266 e. The minimum atomic E-state index is -1.47. The van der Waals surface area contributed by atoms with Crippen molar-refractivity contribution in [2.45, 2.75) is 30.9 Å². The van der Waals surface area contributed by atoms with E-state index in [4.69, 9.17) is 31.2 Å². The van der Waals surface area contributed by atoms with E-state index >= 15 is 0 Å². The summed E-state index contributed by atoms with van der Waals surface area (Å²) in [5, 5.41) is 13.6. The number of hydrogen-bond acceptors (Lipinski definition) is 7. The van der Waals surface area contributed by atoms with Crippen LogP contribution in [0.5, 0.6) is 5.75 Å². The Bertz CT molecular complexity index is 1660. The lowest BCUT2D eigenvalue weighted by Crippen LogP contribution is -2.54. The van der Waals surface area contributed by atoms with E-state index in [-0.39, 0.29) is 13.0 Å². The number of amides is 1. The van der Waals surface area contributed by atoms with Gasteiger partial charge in [-0.3, -0.25) is 10.2 Å². The van der Waals surface area contributed by atoms with Crippen molar-refractivity contribution in [1.29, 1.82) is 0 Å². The first-order valence-corrected chi connectivity index (χ1v) is 15.0. The second kappa shape index (κ2) is 15.2. The number of nitrogens with one attached hydrogen (secondary N) is 2. The maximum Gasteiger partial charge on any atom is 0.266 e. The molecule has 1 amide bonds. The molecule has 0 unspecified atom stereocenters. The number of benzene rings is 4. The van der Waals surface area contributed by atoms with Gasteiger partial charge in [-0.2, -0.15) is 0 Å². The number of aliphatic hydroxyl groups is 1. The SMILES string of the molecule is [N-]=[N+]=Nc1ccccc1C[C@]1(C(=O)NNCCc2ccc(Cl)cc2)N=C(c2ccc(OCCCO)cc2)O[C@H]1c1ccccc1. The average Bonchev–Trinajstić information content (AvgIpc) is 3.46. The van der Waals surface area contributed by atoms with Crippen molar-refractivity contribution < 1.29 is 19.4 Å². The van der Waals surface area contributed by atoms with Crippen LogP contribution in [0.15, 0.2) is 113 Å². The monoisotopic (exact) mass is 624 g/mol. The van der Waals surface area contributed by atoms with Crippen molar-refractivity contribution in [3.05, 3.63) is 141 Å². The lowest BCUT2D eigenvalue weighted by molar-refractivity contribution is -0.130. The average molecular weight is 625 g/mol. The largest absolute Gasteiger partial charge is 0.494 e. The normalized spacial score (nSPS) is 17.1. The predicted molar refractivity (Wildman–Crippen MR) is 173 cm³/mol. The Labute approximate surface area is 266 Å². The van der Waals surface area contributed by atoms with Crippen LogP contribution < -0.4 is 15.6 Å². The summed E-state index contributed by atoms with van der Waals surface area (Å²) in [5.41, 5.74) is 17.2. The molecule has 1 heterocycles. The fourth-order valence-electron chi connectivity index (χ4n) is 5.12. The fourth-order valence-corrected chi connectivity index (χ4v) is 5.24. The number of carbonyl (C=O) groups is 1. The van der Waals surface area contributed by atoms with Gasteiger partial charge in [-0.25, -0.2) is 10.4 Å². The molecule has 45 heavy (non-hydrogen) atoms. The van der Waals surface area contributed by atoms with Gasteiger partial charge in [0.2, 0.25) is 5.90 Å². The molecule has 1 aliphatic rings. The number of halogens is 1. The molecule has 0 radical (unpaired) electrons. The highest BCUT2D eigenvalue weighted by Gasteiger charge is 2.53. The van der Waals surface area contributed by atoms with Gasteiger partial charge in [0.15, 0.2) is 11.6 Å². The predicted octanol–water partition coefficient (Wildman–Crippen LogP) is 6.41. The molecular weight excluding hydrogens is 592 g/mol. The summed E-state index contributed by atoms with van der Waals surface area (Å²) in [7, 11) is 0. The zero-order valence-electron chi connectivity index (χ0n) is 24.5. The van der Waals surface area contributed by atoms with Crippen LogP contribution in [-0.2, 0) is 22.4 Å². The Morgan fingerprint density at radius 2 is 1.76 bits per heavy atom. The van der Waals surface area contributed by atoms with Crippen LogP contribution >= 0.6 is 11.6 Å². The molecule has 4 aromatic carbocycles. The molecule has 2 atom stereocenters. The summed E-state index contributed by atoms with van der Waals surface area (Å²) >= 11 is 6.02. The minimum Gasteiger partial charge on any atom is -0.494 e. The molecule has 230 valence electrons. The van der Waals surface area contributed by atoms with E-state index in [2.05, 4.69) is 20.9 Å². The van der Waals surface area contributed by atoms with Gasteiger partial charge >= 0.3 is 0 Å². The molecule has 11 heteroatoms.